The zero-order chi connectivity index (χ0) is 19.1. The molecule has 3 rings (SSSR count). The molecule has 1 heterocycles. The molecule has 0 unspecified atom stereocenters. The lowest BCUT2D eigenvalue weighted by atomic mass is 9.95. The molecule has 0 aromatic heterocycles. The predicted molar refractivity (Wildman–Crippen MR) is 109 cm³/mol. The maximum atomic E-state index is 12.3. The van der Waals surface area contributed by atoms with Crippen molar-refractivity contribution in [1.29, 1.82) is 0 Å². The number of rotatable bonds is 7. The van der Waals surface area contributed by atoms with Crippen LogP contribution in [0.1, 0.15) is 18.4 Å². The summed E-state index contributed by atoms with van der Waals surface area (Å²) in [5.41, 5.74) is 1.14. The number of halogens is 2. The summed E-state index contributed by atoms with van der Waals surface area (Å²) in [5, 5.41) is 4.15. The lowest BCUT2D eigenvalue weighted by molar-refractivity contribution is -0.126. The summed E-state index contributed by atoms with van der Waals surface area (Å²) in [6.07, 6.45) is 1.74. The lowest BCUT2D eigenvalue weighted by Gasteiger charge is -2.31. The fraction of sp³-hybridized carbons (Fsp3) is 0.381. The highest BCUT2D eigenvalue weighted by Crippen LogP contribution is 2.25. The molecule has 2 aromatic rings. The molecule has 4 nitrogen and oxygen atoms in total. The number of carbonyl (C=O) groups excluding carboxylic acids is 1. The largest absolute Gasteiger partial charge is 0.492 e. The molecule has 1 amide bonds. The molecule has 27 heavy (non-hydrogen) atoms. The van der Waals surface area contributed by atoms with Gasteiger partial charge in [-0.05, 0) is 55.8 Å². The van der Waals surface area contributed by atoms with Gasteiger partial charge in [-0.3, -0.25) is 9.69 Å². The van der Waals surface area contributed by atoms with Gasteiger partial charge in [0.25, 0.3) is 0 Å². The van der Waals surface area contributed by atoms with Crippen LogP contribution in [0.25, 0.3) is 0 Å². The van der Waals surface area contributed by atoms with Crippen molar-refractivity contribution >= 4 is 29.1 Å². The van der Waals surface area contributed by atoms with Crippen molar-refractivity contribution in [3.05, 3.63) is 64.1 Å². The number of carbonyl (C=O) groups is 1. The van der Waals surface area contributed by atoms with Crippen LogP contribution in [0, 0.1) is 5.92 Å². The number of piperidine rings is 1. The van der Waals surface area contributed by atoms with Gasteiger partial charge in [0, 0.05) is 12.5 Å². The Morgan fingerprint density at radius 1 is 1.07 bits per heavy atom. The van der Waals surface area contributed by atoms with Crippen molar-refractivity contribution in [2.75, 3.05) is 26.2 Å². The predicted octanol–water partition coefficient (Wildman–Crippen LogP) is 4.40. The summed E-state index contributed by atoms with van der Waals surface area (Å²) in [4.78, 5) is 14.7. The van der Waals surface area contributed by atoms with Gasteiger partial charge in [0.05, 0.1) is 16.6 Å². The van der Waals surface area contributed by atoms with E-state index in [1.807, 2.05) is 48.5 Å². The Bertz CT molecular complexity index is 747. The first-order valence-corrected chi connectivity index (χ1v) is 9.99. The number of para-hydroxylation sites is 1. The number of hydrogen-bond donors (Lipinski definition) is 1. The maximum Gasteiger partial charge on any atom is 0.223 e. The third kappa shape index (κ3) is 6.13. The minimum atomic E-state index is 0.0757. The van der Waals surface area contributed by atoms with Gasteiger partial charge in [0.1, 0.15) is 12.4 Å². The molecular weight excluding hydrogens is 383 g/mol. The molecule has 1 aliphatic heterocycles. The van der Waals surface area contributed by atoms with E-state index in [0.717, 1.165) is 43.8 Å². The van der Waals surface area contributed by atoms with Crippen molar-refractivity contribution in [3.63, 3.8) is 0 Å². The molecule has 1 aliphatic rings. The summed E-state index contributed by atoms with van der Waals surface area (Å²) in [6, 6.07) is 15.4. The fourth-order valence-corrected chi connectivity index (χ4v) is 3.57. The second-order valence-electron chi connectivity index (χ2n) is 6.75. The van der Waals surface area contributed by atoms with Gasteiger partial charge >= 0.3 is 0 Å². The third-order valence-electron chi connectivity index (χ3n) is 4.76. The van der Waals surface area contributed by atoms with Crippen molar-refractivity contribution in [1.82, 2.24) is 10.2 Å². The quantitative estimate of drug-likeness (QED) is 0.692. The van der Waals surface area contributed by atoms with Crippen molar-refractivity contribution in [2.24, 2.45) is 5.92 Å². The first kappa shape index (κ1) is 20.0. The Hall–Kier alpha value is -1.75. The van der Waals surface area contributed by atoms with E-state index in [0.29, 0.717) is 23.2 Å². The van der Waals surface area contributed by atoms with E-state index in [1.165, 1.54) is 0 Å². The van der Waals surface area contributed by atoms with Crippen LogP contribution in [-0.4, -0.2) is 37.0 Å². The average Bonchev–Trinajstić information content (AvgIpc) is 2.69. The van der Waals surface area contributed by atoms with E-state index in [2.05, 4.69) is 10.2 Å². The van der Waals surface area contributed by atoms with Crippen molar-refractivity contribution < 1.29 is 9.53 Å². The van der Waals surface area contributed by atoms with E-state index >= 15 is 0 Å². The van der Waals surface area contributed by atoms with Crippen LogP contribution in [0.4, 0.5) is 0 Å². The molecule has 2 aromatic carbocycles. The normalized spacial score (nSPS) is 15.5. The summed E-state index contributed by atoms with van der Waals surface area (Å²) >= 11 is 12.0. The zero-order valence-corrected chi connectivity index (χ0v) is 16.7. The zero-order valence-electron chi connectivity index (χ0n) is 15.2. The topological polar surface area (TPSA) is 41.6 Å². The van der Waals surface area contributed by atoms with Crippen LogP contribution >= 0.6 is 23.2 Å². The third-order valence-corrected chi connectivity index (χ3v) is 5.50. The van der Waals surface area contributed by atoms with Crippen LogP contribution in [0.3, 0.4) is 0 Å². The van der Waals surface area contributed by atoms with Gasteiger partial charge in [-0.2, -0.15) is 0 Å². The van der Waals surface area contributed by atoms with Gasteiger partial charge < -0.3 is 10.1 Å². The Balaban J connectivity index is 1.35. The Labute approximate surface area is 170 Å². The number of nitrogens with zero attached hydrogens (tertiary/aromatic N) is 1. The summed E-state index contributed by atoms with van der Waals surface area (Å²) in [5.74, 6) is 1.02. The van der Waals surface area contributed by atoms with Gasteiger partial charge in [0.15, 0.2) is 0 Å². The monoisotopic (exact) mass is 406 g/mol. The lowest BCUT2D eigenvalue weighted by Crippen LogP contribution is -2.41. The Morgan fingerprint density at radius 2 is 1.81 bits per heavy atom. The van der Waals surface area contributed by atoms with Gasteiger partial charge in [0.2, 0.25) is 5.91 Å². The van der Waals surface area contributed by atoms with Crippen LogP contribution in [0.2, 0.25) is 10.0 Å². The fourth-order valence-electron chi connectivity index (χ4n) is 3.25. The molecular formula is C21H24Cl2N2O2. The summed E-state index contributed by atoms with van der Waals surface area (Å²) in [6.45, 7) is 3.64. The van der Waals surface area contributed by atoms with Gasteiger partial charge in [-0.25, -0.2) is 0 Å². The first-order valence-electron chi connectivity index (χ1n) is 9.23. The number of likely N-dealkylation sites (tertiary alicyclic amines) is 1. The molecule has 0 spiro atoms. The molecule has 144 valence electrons. The van der Waals surface area contributed by atoms with Crippen LogP contribution < -0.4 is 10.1 Å². The molecule has 1 N–H and O–H groups in total. The second kappa shape index (κ2) is 9.98. The maximum absolute atomic E-state index is 12.3. The minimum Gasteiger partial charge on any atom is -0.492 e. The molecule has 0 radical (unpaired) electrons. The summed E-state index contributed by atoms with van der Waals surface area (Å²) in [7, 11) is 0. The molecule has 0 aliphatic carbocycles. The molecule has 0 saturated carbocycles. The number of ether oxygens (including phenoxy) is 1. The van der Waals surface area contributed by atoms with E-state index in [-0.39, 0.29) is 11.8 Å². The average molecular weight is 407 g/mol. The molecule has 6 heteroatoms. The van der Waals surface area contributed by atoms with Crippen LogP contribution in [-0.2, 0) is 11.3 Å². The number of nitrogens with one attached hydrogen (secondary N) is 1. The molecule has 1 saturated heterocycles. The van der Waals surface area contributed by atoms with E-state index in [1.54, 1.807) is 0 Å². The highest BCUT2D eigenvalue weighted by atomic mass is 35.5. The standard InChI is InChI=1S/C21H24Cl2N2O2/c22-19-7-6-16(14-20(19)23)15-25-11-8-17(9-12-25)21(26)24-10-13-27-18-4-2-1-3-5-18/h1-7,14,17H,8-13,15H2,(H,24,26). The van der Waals surface area contributed by atoms with E-state index in [9.17, 15) is 4.79 Å². The van der Waals surface area contributed by atoms with Crippen LogP contribution in [0.15, 0.2) is 48.5 Å². The van der Waals surface area contributed by atoms with Crippen molar-refractivity contribution in [2.45, 2.75) is 19.4 Å². The smallest absolute Gasteiger partial charge is 0.223 e. The minimum absolute atomic E-state index is 0.0757. The Kier molecular flexibility index (Phi) is 7.39. The van der Waals surface area contributed by atoms with Crippen LogP contribution in [0.5, 0.6) is 5.75 Å². The highest BCUT2D eigenvalue weighted by molar-refractivity contribution is 6.42. The van der Waals surface area contributed by atoms with Gasteiger partial charge in [-0.15, -0.1) is 0 Å². The second-order valence-corrected chi connectivity index (χ2v) is 7.57. The first-order chi connectivity index (χ1) is 13.1. The Morgan fingerprint density at radius 3 is 2.52 bits per heavy atom. The van der Waals surface area contributed by atoms with E-state index in [4.69, 9.17) is 27.9 Å². The molecule has 0 atom stereocenters. The van der Waals surface area contributed by atoms with Crippen molar-refractivity contribution in [3.8, 4) is 5.75 Å². The molecule has 0 bridgehead atoms. The highest BCUT2D eigenvalue weighted by Gasteiger charge is 2.24. The number of amides is 1. The summed E-state index contributed by atoms with van der Waals surface area (Å²) < 4.78 is 5.60. The van der Waals surface area contributed by atoms with E-state index < -0.39 is 0 Å². The number of hydrogen-bond acceptors (Lipinski definition) is 3. The molecule has 1 fully saturated rings. The van der Waals surface area contributed by atoms with Gasteiger partial charge in [-0.1, -0.05) is 47.5 Å². The SMILES string of the molecule is O=C(NCCOc1ccccc1)C1CCN(Cc2ccc(Cl)c(Cl)c2)CC1. The number of benzene rings is 2.